The number of hydrogen-bond acceptors (Lipinski definition) is 8. The van der Waals surface area contributed by atoms with E-state index in [1.807, 2.05) is 17.5 Å². The Balaban J connectivity index is 2.05. The number of aliphatic carboxylic acids is 1. The van der Waals surface area contributed by atoms with Crippen molar-refractivity contribution in [3.8, 4) is 0 Å². The van der Waals surface area contributed by atoms with Gasteiger partial charge in [0.15, 0.2) is 0 Å². The van der Waals surface area contributed by atoms with E-state index < -0.39 is 12.0 Å². The van der Waals surface area contributed by atoms with E-state index in [1.165, 1.54) is 16.2 Å². The summed E-state index contributed by atoms with van der Waals surface area (Å²) >= 11 is 3.06. The summed E-state index contributed by atoms with van der Waals surface area (Å²) in [5.74, 6) is -1.38. The van der Waals surface area contributed by atoms with E-state index in [0.717, 1.165) is 37.0 Å². The highest BCUT2D eigenvalue weighted by atomic mass is 32.2. The van der Waals surface area contributed by atoms with Gasteiger partial charge >= 0.3 is 11.9 Å². The predicted molar refractivity (Wildman–Crippen MR) is 128 cm³/mol. The maximum absolute atomic E-state index is 13.1. The molecule has 1 aromatic rings. The van der Waals surface area contributed by atoms with Crippen molar-refractivity contribution in [1.29, 1.82) is 0 Å². The van der Waals surface area contributed by atoms with Crippen LogP contribution in [-0.2, 0) is 19.1 Å². The van der Waals surface area contributed by atoms with Gasteiger partial charge in [-0.3, -0.25) is 19.7 Å². The monoisotopic (exact) mass is 485 g/mol. The molecule has 0 saturated carbocycles. The number of nitrogens with zero attached hydrogens (tertiary/aromatic N) is 1. The van der Waals surface area contributed by atoms with Gasteiger partial charge in [0, 0.05) is 17.2 Å². The van der Waals surface area contributed by atoms with Crippen molar-refractivity contribution in [2.24, 2.45) is 5.73 Å². The molecule has 180 valence electrons. The van der Waals surface area contributed by atoms with E-state index in [-0.39, 0.29) is 36.3 Å². The van der Waals surface area contributed by atoms with Crippen LogP contribution in [0.5, 0.6) is 0 Å². The van der Waals surface area contributed by atoms with Gasteiger partial charge in [-0.1, -0.05) is 31.7 Å². The number of carboxylic acids is 1. The molecule has 1 fully saturated rings. The molecule has 8 nitrogen and oxygen atoms in total. The van der Waals surface area contributed by atoms with E-state index in [1.54, 1.807) is 18.7 Å². The Morgan fingerprint density at radius 2 is 2.06 bits per heavy atom. The highest BCUT2D eigenvalue weighted by Crippen LogP contribution is 2.32. The molecule has 0 bridgehead atoms. The van der Waals surface area contributed by atoms with Gasteiger partial charge in [-0.2, -0.15) is 0 Å². The third-order valence-corrected chi connectivity index (χ3v) is 7.53. The lowest BCUT2D eigenvalue weighted by Gasteiger charge is -2.27. The lowest BCUT2D eigenvalue weighted by atomic mass is 10.1. The first-order valence-corrected chi connectivity index (χ1v) is 13.2. The number of rotatable bonds is 14. The van der Waals surface area contributed by atoms with Crippen LogP contribution in [0.3, 0.4) is 0 Å². The smallest absolute Gasteiger partial charge is 0.323 e. The summed E-state index contributed by atoms with van der Waals surface area (Å²) < 4.78 is 5.26. The van der Waals surface area contributed by atoms with Crippen molar-refractivity contribution in [3.05, 3.63) is 22.4 Å². The molecule has 0 aliphatic carbocycles. The van der Waals surface area contributed by atoms with E-state index in [4.69, 9.17) is 10.5 Å². The SMILES string of the molecule is CCOC(=O)[C@H](CCCCCCCN)N[C@@H]1CN(CC(=O)O)C(=O)[C@@H](c2cccs2)CS1. The topological polar surface area (TPSA) is 122 Å². The lowest BCUT2D eigenvalue weighted by Crippen LogP contribution is -2.49. The zero-order valence-corrected chi connectivity index (χ0v) is 20.3. The number of amides is 1. The molecule has 2 heterocycles. The van der Waals surface area contributed by atoms with Crippen molar-refractivity contribution in [2.75, 3.05) is 32.0 Å². The maximum atomic E-state index is 13.1. The second-order valence-electron chi connectivity index (χ2n) is 7.82. The largest absolute Gasteiger partial charge is 0.480 e. The molecule has 3 atom stereocenters. The normalized spacial score (nSPS) is 20.1. The van der Waals surface area contributed by atoms with Crippen molar-refractivity contribution in [3.63, 3.8) is 0 Å². The Morgan fingerprint density at radius 3 is 2.72 bits per heavy atom. The van der Waals surface area contributed by atoms with Crippen LogP contribution in [0.1, 0.15) is 56.2 Å². The van der Waals surface area contributed by atoms with E-state index in [9.17, 15) is 19.5 Å². The number of esters is 1. The molecule has 1 aliphatic heterocycles. The molecule has 0 unspecified atom stereocenters. The fourth-order valence-electron chi connectivity index (χ4n) is 3.71. The van der Waals surface area contributed by atoms with Crippen molar-refractivity contribution < 1.29 is 24.2 Å². The molecule has 2 rings (SSSR count). The van der Waals surface area contributed by atoms with Crippen LogP contribution in [0.15, 0.2) is 17.5 Å². The second kappa shape index (κ2) is 14.5. The first-order chi connectivity index (χ1) is 15.5. The fourth-order valence-corrected chi connectivity index (χ4v) is 5.92. The number of nitrogens with two attached hydrogens (primary N) is 1. The minimum atomic E-state index is -1.05. The van der Waals surface area contributed by atoms with Crippen LogP contribution in [0, 0.1) is 0 Å². The van der Waals surface area contributed by atoms with Crippen molar-refractivity contribution in [1.82, 2.24) is 10.2 Å². The Kier molecular flexibility index (Phi) is 12.1. The molecular formula is C22H35N3O5S2. The van der Waals surface area contributed by atoms with Gasteiger partial charge in [0.2, 0.25) is 5.91 Å². The van der Waals surface area contributed by atoms with E-state index in [2.05, 4.69) is 5.32 Å². The molecule has 1 saturated heterocycles. The Labute approximate surface area is 198 Å². The number of thiophene rings is 1. The average Bonchev–Trinajstić information content (AvgIpc) is 3.24. The quantitative estimate of drug-likeness (QED) is 0.272. The lowest BCUT2D eigenvalue weighted by molar-refractivity contribution is -0.146. The van der Waals surface area contributed by atoms with Crippen LogP contribution in [0.4, 0.5) is 0 Å². The van der Waals surface area contributed by atoms with Crippen LogP contribution in [0.25, 0.3) is 0 Å². The summed E-state index contributed by atoms with van der Waals surface area (Å²) in [4.78, 5) is 39.3. The molecule has 0 aromatic carbocycles. The molecule has 4 N–H and O–H groups in total. The third kappa shape index (κ3) is 8.73. The van der Waals surface area contributed by atoms with Gasteiger partial charge in [0.25, 0.3) is 0 Å². The van der Waals surface area contributed by atoms with Gasteiger partial charge in [-0.15, -0.1) is 23.1 Å². The van der Waals surface area contributed by atoms with Gasteiger partial charge < -0.3 is 20.5 Å². The molecule has 0 spiro atoms. The summed E-state index contributed by atoms with van der Waals surface area (Å²) in [5.41, 5.74) is 5.54. The standard InChI is InChI=1S/C22H35N3O5S2/c1-2-30-22(29)17(9-6-4-3-5-7-11-23)24-19-13-25(14-20(26)27)21(28)16(15-32-19)18-10-8-12-31-18/h8,10,12,16-17,19,24H,2-7,9,11,13-15,23H2,1H3,(H,26,27)/t16-,17+,19+/m1/s1. The Morgan fingerprint density at radius 1 is 1.31 bits per heavy atom. The number of hydrogen-bond donors (Lipinski definition) is 3. The fraction of sp³-hybridized carbons (Fsp3) is 0.682. The number of thioether (sulfide) groups is 1. The first-order valence-electron chi connectivity index (χ1n) is 11.2. The number of carbonyl (C=O) groups excluding carboxylic acids is 2. The highest BCUT2D eigenvalue weighted by molar-refractivity contribution is 8.00. The number of carboxylic acid groups (broad SMARTS) is 1. The minimum absolute atomic E-state index is 0.181. The summed E-state index contributed by atoms with van der Waals surface area (Å²) in [7, 11) is 0. The molecule has 1 aliphatic rings. The predicted octanol–water partition coefficient (Wildman–Crippen LogP) is 2.64. The minimum Gasteiger partial charge on any atom is -0.480 e. The molecule has 1 amide bonds. The Hall–Kier alpha value is -1.62. The van der Waals surface area contributed by atoms with Crippen LogP contribution in [-0.4, -0.2) is 71.3 Å². The van der Waals surface area contributed by atoms with Gasteiger partial charge in [0.1, 0.15) is 12.6 Å². The maximum Gasteiger partial charge on any atom is 0.323 e. The van der Waals surface area contributed by atoms with Crippen LogP contribution in [0.2, 0.25) is 0 Å². The molecule has 32 heavy (non-hydrogen) atoms. The summed E-state index contributed by atoms with van der Waals surface area (Å²) in [6, 6.07) is 3.32. The van der Waals surface area contributed by atoms with Crippen LogP contribution >= 0.6 is 23.1 Å². The highest BCUT2D eigenvalue weighted by Gasteiger charge is 2.35. The summed E-state index contributed by atoms with van der Waals surface area (Å²) in [5, 5.41) is 14.3. The average molecular weight is 486 g/mol. The molecule has 1 aromatic heterocycles. The van der Waals surface area contributed by atoms with Gasteiger partial charge in [-0.05, 0) is 37.8 Å². The molecule has 10 heteroatoms. The van der Waals surface area contributed by atoms with Crippen molar-refractivity contribution in [2.45, 2.75) is 62.8 Å². The Bertz CT molecular complexity index is 716. The summed E-state index contributed by atoms with van der Waals surface area (Å²) in [6.07, 6.45) is 5.71. The number of carbonyl (C=O) groups is 3. The van der Waals surface area contributed by atoms with E-state index >= 15 is 0 Å². The van der Waals surface area contributed by atoms with Gasteiger partial charge in [-0.25, -0.2) is 0 Å². The zero-order chi connectivity index (χ0) is 23.3. The zero-order valence-electron chi connectivity index (χ0n) is 18.7. The van der Waals surface area contributed by atoms with E-state index in [0.29, 0.717) is 25.3 Å². The van der Waals surface area contributed by atoms with Gasteiger partial charge in [0.05, 0.1) is 17.9 Å². The number of nitrogens with one attached hydrogen (secondary N) is 1. The first kappa shape index (κ1) is 26.6. The summed E-state index contributed by atoms with van der Waals surface area (Å²) in [6.45, 7) is 2.65. The molecule has 0 radical (unpaired) electrons. The number of unbranched alkanes of at least 4 members (excludes halogenated alkanes) is 4. The third-order valence-electron chi connectivity index (χ3n) is 5.33. The number of ether oxygens (including phenoxy) is 1. The van der Waals surface area contributed by atoms with Crippen LogP contribution < -0.4 is 11.1 Å². The second-order valence-corrected chi connectivity index (χ2v) is 10.0. The van der Waals surface area contributed by atoms with Crippen molar-refractivity contribution >= 4 is 40.9 Å². The molecular weight excluding hydrogens is 450 g/mol.